The van der Waals surface area contributed by atoms with Crippen molar-refractivity contribution in [3.05, 3.63) is 99.0 Å². The first kappa shape index (κ1) is 22.3. The largest absolute Gasteiger partial charge is 0.378 e. The van der Waals surface area contributed by atoms with Gasteiger partial charge in [-0.3, -0.25) is 4.72 Å². The average Bonchev–Trinajstić information content (AvgIpc) is 3.26. The minimum atomic E-state index is -3.72. The summed E-state index contributed by atoms with van der Waals surface area (Å²) in [7, 11) is -3.72. The van der Waals surface area contributed by atoms with Crippen LogP contribution in [0.25, 0.3) is 0 Å². The lowest BCUT2D eigenvalue weighted by atomic mass is 9.77. The molecule has 1 aliphatic carbocycles. The molecule has 2 aliphatic rings. The highest BCUT2D eigenvalue weighted by Gasteiger charge is 2.39. The third-order valence-electron chi connectivity index (χ3n) is 6.70. The number of aryl methyl sites for hydroxylation is 2. The Labute approximate surface area is 204 Å². The second-order valence-corrected chi connectivity index (χ2v) is 11.3. The molecule has 1 heterocycles. The van der Waals surface area contributed by atoms with E-state index in [1.54, 1.807) is 24.3 Å². The van der Waals surface area contributed by atoms with Crippen molar-refractivity contribution < 1.29 is 8.42 Å². The van der Waals surface area contributed by atoms with Gasteiger partial charge < -0.3 is 5.32 Å². The molecular formula is C26H24Cl2N2O2S. The molecule has 5 rings (SSSR count). The van der Waals surface area contributed by atoms with Gasteiger partial charge in [0, 0.05) is 27.3 Å². The number of nitrogens with one attached hydrogen (secondary N) is 2. The highest BCUT2D eigenvalue weighted by molar-refractivity contribution is 7.92. The molecular weight excluding hydrogens is 475 g/mol. The van der Waals surface area contributed by atoms with Crippen molar-refractivity contribution in [1.29, 1.82) is 0 Å². The molecule has 1 aliphatic heterocycles. The molecule has 2 N–H and O–H groups in total. The molecule has 0 fully saturated rings. The summed E-state index contributed by atoms with van der Waals surface area (Å²) in [4.78, 5) is 0.253. The van der Waals surface area contributed by atoms with E-state index in [0.717, 1.165) is 34.4 Å². The number of halogens is 2. The normalized spacial score (nSPS) is 21.3. The number of fused-ring (bicyclic) bond motifs is 3. The van der Waals surface area contributed by atoms with Crippen LogP contribution < -0.4 is 10.0 Å². The Bertz CT molecular complexity index is 1390. The SMILES string of the molecule is Cc1ccc(NS(=O)(=O)c2ccc3c(c2)C2C=CCC2C(c2ccc(Cl)cc2Cl)N3)cc1C. The van der Waals surface area contributed by atoms with Crippen LogP contribution in [0.1, 0.15) is 40.6 Å². The van der Waals surface area contributed by atoms with Crippen LogP contribution in [0.4, 0.5) is 11.4 Å². The summed E-state index contributed by atoms with van der Waals surface area (Å²) >= 11 is 12.6. The molecule has 3 atom stereocenters. The van der Waals surface area contributed by atoms with E-state index in [1.165, 1.54) is 0 Å². The fourth-order valence-corrected chi connectivity index (χ4v) is 6.43. The van der Waals surface area contributed by atoms with Crippen molar-refractivity contribution >= 4 is 44.6 Å². The lowest BCUT2D eigenvalue weighted by molar-refractivity contribution is 0.425. The van der Waals surface area contributed by atoms with Crippen LogP contribution in [0, 0.1) is 19.8 Å². The third-order valence-corrected chi connectivity index (χ3v) is 8.64. The summed E-state index contributed by atoms with van der Waals surface area (Å²) < 4.78 is 29.0. The molecule has 3 aromatic carbocycles. The Balaban J connectivity index is 1.49. The van der Waals surface area contributed by atoms with Crippen LogP contribution in [0.5, 0.6) is 0 Å². The Morgan fingerprint density at radius 3 is 2.52 bits per heavy atom. The zero-order valence-corrected chi connectivity index (χ0v) is 20.6. The van der Waals surface area contributed by atoms with Gasteiger partial charge in [0.25, 0.3) is 10.0 Å². The van der Waals surface area contributed by atoms with Gasteiger partial charge in [-0.05, 0) is 90.9 Å². The van der Waals surface area contributed by atoms with Crippen LogP contribution in [-0.4, -0.2) is 8.42 Å². The number of benzene rings is 3. The average molecular weight is 499 g/mol. The summed E-state index contributed by atoms with van der Waals surface area (Å²) in [6, 6.07) is 16.4. The smallest absolute Gasteiger partial charge is 0.261 e. The van der Waals surface area contributed by atoms with Gasteiger partial charge in [0.1, 0.15) is 0 Å². The second kappa shape index (κ2) is 8.39. The molecule has 0 radical (unpaired) electrons. The van der Waals surface area contributed by atoms with Gasteiger partial charge in [-0.1, -0.05) is 47.5 Å². The van der Waals surface area contributed by atoms with Crippen LogP contribution in [-0.2, 0) is 10.0 Å². The predicted octanol–water partition coefficient (Wildman–Crippen LogP) is 7.24. The first-order valence-corrected chi connectivity index (χ1v) is 13.1. The lowest BCUT2D eigenvalue weighted by Gasteiger charge is -2.38. The lowest BCUT2D eigenvalue weighted by Crippen LogP contribution is -2.29. The summed E-state index contributed by atoms with van der Waals surface area (Å²) in [5, 5.41) is 4.84. The van der Waals surface area contributed by atoms with Crippen LogP contribution >= 0.6 is 23.2 Å². The highest BCUT2D eigenvalue weighted by atomic mass is 35.5. The van der Waals surface area contributed by atoms with Crippen LogP contribution in [0.3, 0.4) is 0 Å². The van der Waals surface area contributed by atoms with Crippen LogP contribution in [0.15, 0.2) is 71.6 Å². The molecule has 0 saturated heterocycles. The quantitative estimate of drug-likeness (QED) is 0.372. The molecule has 33 heavy (non-hydrogen) atoms. The molecule has 0 aromatic heterocycles. The maximum atomic E-state index is 13.2. The molecule has 3 aromatic rings. The first-order valence-electron chi connectivity index (χ1n) is 10.8. The molecule has 0 spiro atoms. The number of rotatable bonds is 4. The number of sulfonamides is 1. The predicted molar refractivity (Wildman–Crippen MR) is 136 cm³/mol. The van der Waals surface area contributed by atoms with Gasteiger partial charge in [-0.25, -0.2) is 8.42 Å². The number of hydrogen-bond acceptors (Lipinski definition) is 3. The van der Waals surface area contributed by atoms with E-state index < -0.39 is 10.0 Å². The Morgan fingerprint density at radius 2 is 1.76 bits per heavy atom. The first-order chi connectivity index (χ1) is 15.7. The summed E-state index contributed by atoms with van der Waals surface area (Å²) in [6.45, 7) is 3.97. The zero-order valence-electron chi connectivity index (χ0n) is 18.3. The van der Waals surface area contributed by atoms with E-state index in [-0.39, 0.29) is 22.8 Å². The maximum Gasteiger partial charge on any atom is 0.261 e. The number of allylic oxidation sites excluding steroid dienone is 2. The maximum absolute atomic E-state index is 13.2. The fourth-order valence-electron chi connectivity index (χ4n) is 4.82. The minimum Gasteiger partial charge on any atom is -0.378 e. The molecule has 4 nitrogen and oxygen atoms in total. The van der Waals surface area contributed by atoms with Crippen molar-refractivity contribution in [3.63, 3.8) is 0 Å². The Kier molecular flexibility index (Phi) is 5.68. The molecule has 0 bridgehead atoms. The molecule has 0 saturated carbocycles. The van der Waals surface area contributed by atoms with Crippen LogP contribution in [0.2, 0.25) is 10.0 Å². The van der Waals surface area contributed by atoms with Crippen molar-refractivity contribution in [2.24, 2.45) is 5.92 Å². The van der Waals surface area contributed by atoms with E-state index in [9.17, 15) is 8.42 Å². The molecule has 3 unspecified atom stereocenters. The van der Waals surface area contributed by atoms with Crippen molar-refractivity contribution in [1.82, 2.24) is 0 Å². The van der Waals surface area contributed by atoms with Crippen molar-refractivity contribution in [2.75, 3.05) is 10.0 Å². The topological polar surface area (TPSA) is 58.2 Å². The van der Waals surface area contributed by atoms with E-state index >= 15 is 0 Å². The summed E-state index contributed by atoms with van der Waals surface area (Å²) in [6.07, 6.45) is 5.23. The van der Waals surface area contributed by atoms with E-state index in [1.807, 2.05) is 44.2 Å². The van der Waals surface area contributed by atoms with Gasteiger partial charge in [0.15, 0.2) is 0 Å². The van der Waals surface area contributed by atoms with E-state index in [0.29, 0.717) is 15.7 Å². The molecule has 170 valence electrons. The summed E-state index contributed by atoms with van der Waals surface area (Å²) in [5.41, 5.74) is 5.62. The monoisotopic (exact) mass is 498 g/mol. The minimum absolute atomic E-state index is 0.0124. The molecule has 7 heteroatoms. The van der Waals surface area contributed by atoms with Gasteiger partial charge in [-0.15, -0.1) is 0 Å². The van der Waals surface area contributed by atoms with Crippen molar-refractivity contribution in [2.45, 2.75) is 37.1 Å². The van der Waals surface area contributed by atoms with Gasteiger partial charge in [0.05, 0.1) is 10.9 Å². The second-order valence-electron chi connectivity index (χ2n) is 8.79. The highest BCUT2D eigenvalue weighted by Crippen LogP contribution is 2.51. The van der Waals surface area contributed by atoms with E-state index in [2.05, 4.69) is 22.2 Å². The zero-order chi connectivity index (χ0) is 23.3. The van der Waals surface area contributed by atoms with E-state index in [4.69, 9.17) is 23.2 Å². The van der Waals surface area contributed by atoms with Crippen molar-refractivity contribution in [3.8, 4) is 0 Å². The van der Waals surface area contributed by atoms with Gasteiger partial charge in [0.2, 0.25) is 0 Å². The number of hydrogen-bond donors (Lipinski definition) is 2. The fraction of sp³-hybridized carbons (Fsp3) is 0.231. The summed E-state index contributed by atoms with van der Waals surface area (Å²) in [5.74, 6) is 0.344. The van der Waals surface area contributed by atoms with Gasteiger partial charge >= 0.3 is 0 Å². The Morgan fingerprint density at radius 1 is 0.939 bits per heavy atom. The number of anilines is 2. The van der Waals surface area contributed by atoms with Gasteiger partial charge in [-0.2, -0.15) is 0 Å². The third kappa shape index (κ3) is 4.14. The standard InChI is InChI=1S/C26H24Cl2N2O2S/c1-15-6-8-18(12-16(15)2)30-33(31,32)19-9-11-25-23(14-19)20-4-3-5-21(20)26(29-25)22-10-7-17(27)13-24(22)28/h3-4,6-14,20-21,26,29-30H,5H2,1-2H3. The molecule has 0 amide bonds. The Hall–Kier alpha value is -2.47.